The van der Waals surface area contributed by atoms with Crippen LogP contribution in [-0.4, -0.2) is 25.1 Å². The summed E-state index contributed by atoms with van der Waals surface area (Å²) in [5.41, 5.74) is 1.43. The van der Waals surface area contributed by atoms with Gasteiger partial charge in [-0.1, -0.05) is 37.3 Å². The number of hydrogen-bond acceptors (Lipinski definition) is 1. The molecule has 1 fully saturated rings. The Morgan fingerprint density at radius 1 is 1.28 bits per heavy atom. The summed E-state index contributed by atoms with van der Waals surface area (Å²) in [6.45, 7) is 6.05. The summed E-state index contributed by atoms with van der Waals surface area (Å²) in [6, 6.07) is 11.3. The lowest BCUT2D eigenvalue weighted by Crippen LogP contribution is -2.39. The van der Waals surface area contributed by atoms with Gasteiger partial charge in [-0.25, -0.2) is 0 Å². The molecule has 1 aromatic rings. The number of nitrogens with zero attached hydrogens (tertiary/aromatic N) is 1. The first kappa shape index (κ1) is 12.9. The van der Waals surface area contributed by atoms with Gasteiger partial charge in [0.15, 0.2) is 5.96 Å². The van der Waals surface area contributed by atoms with E-state index in [4.69, 9.17) is 0 Å². The Morgan fingerprint density at radius 2 is 2.06 bits per heavy atom. The molecule has 2 N–H and O–H groups in total. The van der Waals surface area contributed by atoms with Crippen LogP contribution in [0.2, 0.25) is 0 Å². The van der Waals surface area contributed by atoms with Crippen molar-refractivity contribution in [1.29, 1.82) is 0 Å². The third-order valence-electron chi connectivity index (χ3n) is 3.18. The standard InChI is InChI=1S/C15H23N3/c1-3-10-17-15(16-4-2)18-14-11-13(14)12-8-6-5-7-9-12/h5-9,13-14H,3-4,10-11H2,1-2H3,(H2,16,17,18). The molecule has 3 nitrogen and oxygen atoms in total. The predicted molar refractivity (Wildman–Crippen MR) is 77.0 cm³/mol. The molecule has 1 saturated carbocycles. The van der Waals surface area contributed by atoms with Crippen LogP contribution < -0.4 is 10.6 Å². The van der Waals surface area contributed by atoms with E-state index < -0.39 is 0 Å². The number of nitrogens with one attached hydrogen (secondary N) is 2. The molecule has 0 saturated heterocycles. The van der Waals surface area contributed by atoms with Gasteiger partial charge in [0, 0.05) is 25.0 Å². The Balaban J connectivity index is 1.87. The highest BCUT2D eigenvalue weighted by molar-refractivity contribution is 5.80. The van der Waals surface area contributed by atoms with Crippen LogP contribution in [-0.2, 0) is 0 Å². The number of guanidine groups is 1. The van der Waals surface area contributed by atoms with E-state index in [9.17, 15) is 0 Å². The summed E-state index contributed by atoms with van der Waals surface area (Å²) >= 11 is 0. The first-order chi connectivity index (χ1) is 8.85. The predicted octanol–water partition coefficient (Wildman–Crippen LogP) is 2.51. The zero-order chi connectivity index (χ0) is 12.8. The second-order valence-electron chi connectivity index (χ2n) is 4.76. The van der Waals surface area contributed by atoms with Gasteiger partial charge in [-0.3, -0.25) is 4.99 Å². The summed E-state index contributed by atoms with van der Waals surface area (Å²) in [5.74, 6) is 1.61. The van der Waals surface area contributed by atoms with Gasteiger partial charge >= 0.3 is 0 Å². The van der Waals surface area contributed by atoms with Crippen molar-refractivity contribution in [3.8, 4) is 0 Å². The topological polar surface area (TPSA) is 36.4 Å². The molecule has 0 spiro atoms. The average molecular weight is 245 g/mol. The van der Waals surface area contributed by atoms with E-state index in [1.54, 1.807) is 0 Å². The maximum Gasteiger partial charge on any atom is 0.191 e. The third-order valence-corrected chi connectivity index (χ3v) is 3.18. The summed E-state index contributed by atoms with van der Waals surface area (Å²) in [4.78, 5) is 4.53. The lowest BCUT2D eigenvalue weighted by molar-refractivity contribution is 0.789. The van der Waals surface area contributed by atoms with Crippen LogP contribution in [0.5, 0.6) is 0 Å². The monoisotopic (exact) mass is 245 g/mol. The van der Waals surface area contributed by atoms with Crippen molar-refractivity contribution in [2.75, 3.05) is 13.1 Å². The van der Waals surface area contributed by atoms with Gasteiger partial charge in [0.1, 0.15) is 0 Å². The highest BCUT2D eigenvalue weighted by Gasteiger charge is 2.38. The minimum absolute atomic E-state index is 0.544. The molecule has 2 unspecified atom stereocenters. The first-order valence-electron chi connectivity index (χ1n) is 6.95. The first-order valence-corrected chi connectivity index (χ1v) is 6.95. The van der Waals surface area contributed by atoms with Gasteiger partial charge in [0.2, 0.25) is 0 Å². The molecule has 0 amide bonds. The second kappa shape index (κ2) is 6.43. The summed E-state index contributed by atoms with van der Waals surface area (Å²) in [6.07, 6.45) is 2.30. The molecule has 2 atom stereocenters. The lowest BCUT2D eigenvalue weighted by Gasteiger charge is -2.11. The molecule has 18 heavy (non-hydrogen) atoms. The molecule has 0 aliphatic heterocycles. The molecule has 0 aromatic heterocycles. The molecule has 98 valence electrons. The Kier molecular flexibility index (Phi) is 4.62. The van der Waals surface area contributed by atoms with Crippen molar-refractivity contribution in [2.45, 2.75) is 38.6 Å². The van der Waals surface area contributed by atoms with Crippen LogP contribution in [0.15, 0.2) is 35.3 Å². The fraction of sp³-hybridized carbons (Fsp3) is 0.533. The number of aliphatic imine (C=N–C) groups is 1. The molecule has 2 rings (SSSR count). The summed E-state index contributed by atoms with van der Waals surface area (Å²) < 4.78 is 0. The quantitative estimate of drug-likeness (QED) is 0.618. The molecule has 1 aromatic carbocycles. The van der Waals surface area contributed by atoms with E-state index in [0.29, 0.717) is 12.0 Å². The Morgan fingerprint density at radius 3 is 2.72 bits per heavy atom. The fourth-order valence-corrected chi connectivity index (χ4v) is 2.14. The maximum atomic E-state index is 4.53. The van der Waals surface area contributed by atoms with Gasteiger partial charge in [0.05, 0.1) is 0 Å². The van der Waals surface area contributed by atoms with Crippen molar-refractivity contribution in [2.24, 2.45) is 4.99 Å². The van der Waals surface area contributed by atoms with Crippen LogP contribution in [0.3, 0.4) is 0 Å². The minimum atomic E-state index is 0.544. The van der Waals surface area contributed by atoms with Gasteiger partial charge < -0.3 is 10.6 Å². The van der Waals surface area contributed by atoms with Crippen molar-refractivity contribution in [3.63, 3.8) is 0 Å². The third kappa shape index (κ3) is 3.49. The number of benzene rings is 1. The van der Waals surface area contributed by atoms with E-state index in [2.05, 4.69) is 59.8 Å². The maximum absolute atomic E-state index is 4.53. The molecular weight excluding hydrogens is 222 g/mol. The molecule has 0 radical (unpaired) electrons. The van der Waals surface area contributed by atoms with Crippen molar-refractivity contribution in [1.82, 2.24) is 10.6 Å². The Labute approximate surface area is 110 Å². The van der Waals surface area contributed by atoms with E-state index in [-0.39, 0.29) is 0 Å². The normalized spacial score (nSPS) is 22.7. The van der Waals surface area contributed by atoms with Crippen molar-refractivity contribution in [3.05, 3.63) is 35.9 Å². The Hall–Kier alpha value is -1.51. The van der Waals surface area contributed by atoms with Gasteiger partial charge in [-0.05, 0) is 25.3 Å². The molecular formula is C15H23N3. The SMILES string of the molecule is CCCN=C(NCC)NC1CC1c1ccccc1. The van der Waals surface area contributed by atoms with Gasteiger partial charge in [0.25, 0.3) is 0 Å². The minimum Gasteiger partial charge on any atom is -0.357 e. The molecule has 0 bridgehead atoms. The zero-order valence-electron chi connectivity index (χ0n) is 11.3. The van der Waals surface area contributed by atoms with Crippen LogP contribution in [0.25, 0.3) is 0 Å². The second-order valence-corrected chi connectivity index (χ2v) is 4.76. The van der Waals surface area contributed by atoms with E-state index in [1.807, 2.05) is 0 Å². The van der Waals surface area contributed by atoms with E-state index >= 15 is 0 Å². The van der Waals surface area contributed by atoms with E-state index in [0.717, 1.165) is 25.5 Å². The highest BCUT2D eigenvalue weighted by atomic mass is 15.2. The molecule has 1 aliphatic carbocycles. The molecule has 1 aliphatic rings. The zero-order valence-corrected chi connectivity index (χ0v) is 11.3. The molecule has 3 heteroatoms. The Bertz CT molecular complexity index is 386. The van der Waals surface area contributed by atoms with Crippen molar-refractivity contribution >= 4 is 5.96 Å². The number of hydrogen-bond donors (Lipinski definition) is 2. The van der Waals surface area contributed by atoms with Gasteiger partial charge in [-0.15, -0.1) is 0 Å². The fourth-order valence-electron chi connectivity index (χ4n) is 2.14. The van der Waals surface area contributed by atoms with Gasteiger partial charge in [-0.2, -0.15) is 0 Å². The van der Waals surface area contributed by atoms with Crippen LogP contribution >= 0.6 is 0 Å². The van der Waals surface area contributed by atoms with E-state index in [1.165, 1.54) is 12.0 Å². The number of rotatable bonds is 5. The lowest BCUT2D eigenvalue weighted by atomic mass is 10.1. The summed E-state index contributed by atoms with van der Waals surface area (Å²) in [5, 5.41) is 6.81. The van der Waals surface area contributed by atoms with Crippen molar-refractivity contribution < 1.29 is 0 Å². The average Bonchev–Trinajstić information content (AvgIpc) is 3.16. The van der Waals surface area contributed by atoms with Crippen LogP contribution in [0.4, 0.5) is 0 Å². The summed E-state index contributed by atoms with van der Waals surface area (Å²) in [7, 11) is 0. The largest absolute Gasteiger partial charge is 0.357 e. The molecule has 0 heterocycles. The smallest absolute Gasteiger partial charge is 0.191 e. The van der Waals surface area contributed by atoms with Crippen LogP contribution in [0.1, 0.15) is 38.2 Å². The van der Waals surface area contributed by atoms with Crippen LogP contribution in [0, 0.1) is 0 Å². The highest BCUT2D eigenvalue weighted by Crippen LogP contribution is 2.40.